The summed E-state index contributed by atoms with van der Waals surface area (Å²) in [6.07, 6.45) is 1.20. The number of benzene rings is 1. The standard InChI is InChI=1S/C13H11FN2O3/c1-19-11-4-2-8(6-10(11)17)13(18)16-9-3-5-12(14)15-7-9/h2-7,17H,1H3,(H,16,18). The van der Waals surface area contributed by atoms with Crippen LogP contribution in [0.15, 0.2) is 36.5 Å². The van der Waals surface area contributed by atoms with Crippen molar-refractivity contribution in [2.75, 3.05) is 12.4 Å². The molecule has 0 atom stereocenters. The zero-order valence-corrected chi connectivity index (χ0v) is 10.1. The summed E-state index contributed by atoms with van der Waals surface area (Å²) in [4.78, 5) is 15.3. The monoisotopic (exact) mass is 262 g/mol. The van der Waals surface area contributed by atoms with Gasteiger partial charge in [-0.2, -0.15) is 4.39 Å². The number of nitrogens with one attached hydrogen (secondary N) is 1. The number of rotatable bonds is 3. The first kappa shape index (κ1) is 12.8. The van der Waals surface area contributed by atoms with Crippen LogP contribution in [0.2, 0.25) is 0 Å². The van der Waals surface area contributed by atoms with Gasteiger partial charge in [-0.1, -0.05) is 0 Å². The Morgan fingerprint density at radius 3 is 2.74 bits per heavy atom. The fourth-order valence-electron chi connectivity index (χ4n) is 1.48. The third kappa shape index (κ3) is 2.98. The number of hydrogen-bond donors (Lipinski definition) is 2. The third-order valence-corrected chi connectivity index (χ3v) is 2.43. The second kappa shape index (κ2) is 5.34. The lowest BCUT2D eigenvalue weighted by atomic mass is 10.2. The number of phenols is 1. The summed E-state index contributed by atoms with van der Waals surface area (Å²) in [5.41, 5.74) is 0.615. The van der Waals surface area contributed by atoms with Gasteiger partial charge in [0, 0.05) is 5.56 Å². The fraction of sp³-hybridized carbons (Fsp3) is 0.0769. The molecule has 0 aliphatic heterocycles. The molecule has 2 N–H and O–H groups in total. The van der Waals surface area contributed by atoms with Crippen molar-refractivity contribution in [2.45, 2.75) is 0 Å². The molecular formula is C13H11FN2O3. The Bertz CT molecular complexity index is 599. The molecule has 0 saturated heterocycles. The van der Waals surface area contributed by atoms with E-state index in [1.807, 2.05) is 0 Å². The minimum atomic E-state index is -0.625. The molecule has 0 fully saturated rings. The Hall–Kier alpha value is -2.63. The lowest BCUT2D eigenvalue weighted by Gasteiger charge is -2.07. The van der Waals surface area contributed by atoms with E-state index in [2.05, 4.69) is 10.3 Å². The highest BCUT2D eigenvalue weighted by atomic mass is 19.1. The number of ether oxygens (including phenoxy) is 1. The van der Waals surface area contributed by atoms with Crippen LogP contribution < -0.4 is 10.1 Å². The number of nitrogens with zero attached hydrogens (tertiary/aromatic N) is 1. The quantitative estimate of drug-likeness (QED) is 0.832. The van der Waals surface area contributed by atoms with E-state index in [-0.39, 0.29) is 17.1 Å². The van der Waals surface area contributed by atoms with Crippen molar-refractivity contribution in [3.63, 3.8) is 0 Å². The van der Waals surface area contributed by atoms with Crippen LogP contribution >= 0.6 is 0 Å². The van der Waals surface area contributed by atoms with Crippen molar-refractivity contribution in [2.24, 2.45) is 0 Å². The highest BCUT2D eigenvalue weighted by Gasteiger charge is 2.10. The molecule has 0 spiro atoms. The Morgan fingerprint density at radius 1 is 1.37 bits per heavy atom. The molecular weight excluding hydrogens is 251 g/mol. The van der Waals surface area contributed by atoms with Gasteiger partial charge < -0.3 is 15.2 Å². The highest BCUT2D eigenvalue weighted by Crippen LogP contribution is 2.26. The first-order valence-corrected chi connectivity index (χ1v) is 5.40. The van der Waals surface area contributed by atoms with E-state index in [1.165, 1.54) is 37.6 Å². The molecule has 0 aliphatic rings. The Morgan fingerprint density at radius 2 is 2.16 bits per heavy atom. The van der Waals surface area contributed by atoms with Crippen LogP contribution in [0.25, 0.3) is 0 Å². The van der Waals surface area contributed by atoms with Gasteiger partial charge in [-0.15, -0.1) is 0 Å². The van der Waals surface area contributed by atoms with Gasteiger partial charge in [0.2, 0.25) is 5.95 Å². The van der Waals surface area contributed by atoms with Crippen LogP contribution in [-0.4, -0.2) is 23.1 Å². The van der Waals surface area contributed by atoms with Crippen LogP contribution in [-0.2, 0) is 0 Å². The van der Waals surface area contributed by atoms with Crippen molar-refractivity contribution in [1.29, 1.82) is 0 Å². The molecule has 0 bridgehead atoms. The predicted molar refractivity (Wildman–Crippen MR) is 66.8 cm³/mol. The fourth-order valence-corrected chi connectivity index (χ4v) is 1.48. The number of phenolic OH excluding ortho intramolecular Hbond substituents is 1. The number of pyridine rings is 1. The summed E-state index contributed by atoms with van der Waals surface area (Å²) in [7, 11) is 1.42. The molecule has 98 valence electrons. The highest BCUT2D eigenvalue weighted by molar-refractivity contribution is 6.04. The third-order valence-electron chi connectivity index (χ3n) is 2.43. The van der Waals surface area contributed by atoms with Gasteiger partial charge in [0.1, 0.15) is 0 Å². The van der Waals surface area contributed by atoms with Gasteiger partial charge in [-0.3, -0.25) is 4.79 Å². The van der Waals surface area contributed by atoms with Gasteiger partial charge in [0.05, 0.1) is 19.0 Å². The second-order valence-corrected chi connectivity index (χ2v) is 3.71. The van der Waals surface area contributed by atoms with E-state index in [0.717, 1.165) is 6.07 Å². The van der Waals surface area contributed by atoms with Gasteiger partial charge in [0.15, 0.2) is 11.5 Å². The Balaban J connectivity index is 2.16. The molecule has 2 rings (SSSR count). The van der Waals surface area contributed by atoms with E-state index in [9.17, 15) is 14.3 Å². The maximum atomic E-state index is 12.6. The number of aromatic nitrogens is 1. The average Bonchev–Trinajstić information content (AvgIpc) is 2.41. The summed E-state index contributed by atoms with van der Waals surface area (Å²) in [6, 6.07) is 6.80. The molecule has 0 unspecified atom stereocenters. The number of halogens is 1. The van der Waals surface area contributed by atoms with E-state index in [4.69, 9.17) is 4.74 Å². The molecule has 2 aromatic rings. The topological polar surface area (TPSA) is 71.5 Å². The Kier molecular flexibility index (Phi) is 3.61. The van der Waals surface area contributed by atoms with Crippen molar-refractivity contribution < 1.29 is 19.0 Å². The van der Waals surface area contributed by atoms with E-state index in [0.29, 0.717) is 5.69 Å². The zero-order valence-electron chi connectivity index (χ0n) is 10.1. The molecule has 1 amide bonds. The molecule has 0 aliphatic carbocycles. The van der Waals surface area contributed by atoms with Gasteiger partial charge >= 0.3 is 0 Å². The molecule has 19 heavy (non-hydrogen) atoms. The normalized spacial score (nSPS) is 10.0. The molecule has 0 saturated carbocycles. The lowest BCUT2D eigenvalue weighted by Crippen LogP contribution is -2.12. The largest absolute Gasteiger partial charge is 0.504 e. The minimum Gasteiger partial charge on any atom is -0.504 e. The lowest BCUT2D eigenvalue weighted by molar-refractivity contribution is 0.102. The zero-order chi connectivity index (χ0) is 13.8. The van der Waals surface area contributed by atoms with Crippen molar-refractivity contribution in [1.82, 2.24) is 4.98 Å². The van der Waals surface area contributed by atoms with Crippen molar-refractivity contribution >= 4 is 11.6 Å². The number of methoxy groups -OCH3 is 1. The second-order valence-electron chi connectivity index (χ2n) is 3.71. The van der Waals surface area contributed by atoms with E-state index < -0.39 is 11.9 Å². The van der Waals surface area contributed by atoms with Gasteiger partial charge in [-0.25, -0.2) is 4.98 Å². The summed E-state index contributed by atoms with van der Waals surface area (Å²) >= 11 is 0. The molecule has 6 heteroatoms. The maximum absolute atomic E-state index is 12.6. The number of amides is 1. The minimum absolute atomic E-state index is 0.132. The first-order chi connectivity index (χ1) is 9.10. The van der Waals surface area contributed by atoms with Crippen LogP contribution in [0.1, 0.15) is 10.4 Å². The van der Waals surface area contributed by atoms with Crippen LogP contribution in [0.4, 0.5) is 10.1 Å². The van der Waals surface area contributed by atoms with Gasteiger partial charge in [-0.05, 0) is 30.3 Å². The molecule has 1 heterocycles. The maximum Gasteiger partial charge on any atom is 0.255 e. The summed E-state index contributed by atoms with van der Waals surface area (Å²) in [5, 5.41) is 12.1. The molecule has 0 radical (unpaired) electrons. The number of carbonyl (C=O) groups excluding carboxylic acids is 1. The summed E-state index contributed by atoms with van der Waals surface area (Å²) in [6.45, 7) is 0. The predicted octanol–water partition coefficient (Wildman–Crippen LogP) is 2.19. The van der Waals surface area contributed by atoms with Crippen molar-refractivity contribution in [3.05, 3.63) is 48.0 Å². The molecule has 1 aromatic carbocycles. The molecule has 1 aromatic heterocycles. The smallest absolute Gasteiger partial charge is 0.255 e. The number of aromatic hydroxyl groups is 1. The van der Waals surface area contributed by atoms with Crippen LogP contribution in [0.5, 0.6) is 11.5 Å². The Labute approximate surface area is 108 Å². The summed E-state index contributed by atoms with van der Waals surface area (Å²) < 4.78 is 17.5. The van der Waals surface area contributed by atoms with Crippen LogP contribution in [0.3, 0.4) is 0 Å². The van der Waals surface area contributed by atoms with E-state index in [1.54, 1.807) is 0 Å². The van der Waals surface area contributed by atoms with Gasteiger partial charge in [0.25, 0.3) is 5.91 Å². The number of hydrogen-bond acceptors (Lipinski definition) is 4. The van der Waals surface area contributed by atoms with Crippen molar-refractivity contribution in [3.8, 4) is 11.5 Å². The number of carbonyl (C=O) groups is 1. The first-order valence-electron chi connectivity index (χ1n) is 5.40. The summed E-state index contributed by atoms with van der Waals surface area (Å²) in [5.74, 6) is -0.918. The SMILES string of the molecule is COc1ccc(C(=O)Nc2ccc(F)nc2)cc1O. The number of anilines is 1. The molecule has 5 nitrogen and oxygen atoms in total. The van der Waals surface area contributed by atoms with E-state index >= 15 is 0 Å². The average molecular weight is 262 g/mol. The van der Waals surface area contributed by atoms with Crippen LogP contribution in [0, 0.1) is 5.95 Å².